The highest BCUT2D eigenvalue weighted by Crippen LogP contribution is 2.32. The number of hydrogen-bond donors (Lipinski definition) is 1. The maximum absolute atomic E-state index is 12.7. The number of methoxy groups -OCH3 is 1. The molecule has 0 aliphatic carbocycles. The summed E-state index contributed by atoms with van der Waals surface area (Å²) in [5, 5.41) is 12.3. The minimum atomic E-state index is -0.559. The largest absolute Gasteiger partial charge is 0.496 e. The maximum Gasteiger partial charge on any atom is 0.338 e. The van der Waals surface area contributed by atoms with Crippen molar-refractivity contribution >= 4 is 39.6 Å². The molecule has 3 rings (SSSR count). The summed E-state index contributed by atoms with van der Waals surface area (Å²) in [6.45, 7) is 6.15. The second-order valence-electron chi connectivity index (χ2n) is 8.28. The fourth-order valence-corrected chi connectivity index (χ4v) is 4.46. The maximum atomic E-state index is 12.7. The summed E-state index contributed by atoms with van der Waals surface area (Å²) in [7, 11) is 1.60. The molecule has 184 valence electrons. The van der Waals surface area contributed by atoms with Gasteiger partial charge in [-0.3, -0.25) is 4.79 Å². The predicted octanol–water partition coefficient (Wildman–Crippen LogP) is 6.39. The van der Waals surface area contributed by atoms with Gasteiger partial charge in [-0.1, -0.05) is 45.3 Å². The molecular formula is C29H27BrN2O4. The Morgan fingerprint density at radius 1 is 1.06 bits per heavy atom. The Bertz CT molecular complexity index is 1330. The molecule has 0 radical (unpaired) electrons. The number of ether oxygens (including phenoxy) is 2. The summed E-state index contributed by atoms with van der Waals surface area (Å²) in [5.41, 5.74) is 5.94. The fourth-order valence-electron chi connectivity index (χ4n) is 3.86. The van der Waals surface area contributed by atoms with Crippen LogP contribution in [0, 0.1) is 25.2 Å². The SMILES string of the molecule is CCOC(=O)c1ccc(NC(=O)/C(C#N)=C/c2cc(Br)c(Cc3cc(C)cc(C)c3)c(OC)c2)cc1. The van der Waals surface area contributed by atoms with E-state index in [9.17, 15) is 14.9 Å². The van der Waals surface area contributed by atoms with Crippen molar-refractivity contribution in [3.8, 4) is 11.8 Å². The zero-order valence-electron chi connectivity index (χ0n) is 20.6. The first kappa shape index (κ1) is 26.7. The van der Waals surface area contributed by atoms with Crippen LogP contribution in [0.4, 0.5) is 5.69 Å². The average Bonchev–Trinajstić information content (AvgIpc) is 2.83. The molecule has 1 amide bonds. The summed E-state index contributed by atoms with van der Waals surface area (Å²) in [6.07, 6.45) is 2.18. The number of hydrogen-bond acceptors (Lipinski definition) is 5. The van der Waals surface area contributed by atoms with Crippen LogP contribution in [0.25, 0.3) is 6.08 Å². The van der Waals surface area contributed by atoms with E-state index in [2.05, 4.69) is 53.3 Å². The number of carbonyl (C=O) groups excluding carboxylic acids is 2. The first-order valence-corrected chi connectivity index (χ1v) is 12.2. The molecule has 0 aliphatic rings. The molecule has 3 aromatic rings. The van der Waals surface area contributed by atoms with E-state index in [1.807, 2.05) is 18.2 Å². The highest BCUT2D eigenvalue weighted by Gasteiger charge is 2.14. The van der Waals surface area contributed by atoms with Crippen molar-refractivity contribution in [1.29, 1.82) is 5.26 Å². The minimum Gasteiger partial charge on any atom is -0.496 e. The third-order valence-corrected chi connectivity index (χ3v) is 6.10. The second-order valence-corrected chi connectivity index (χ2v) is 9.13. The topological polar surface area (TPSA) is 88.4 Å². The molecular weight excluding hydrogens is 520 g/mol. The van der Waals surface area contributed by atoms with Crippen LogP contribution in [0.2, 0.25) is 0 Å². The Kier molecular flexibility index (Phi) is 9.04. The zero-order valence-corrected chi connectivity index (χ0v) is 22.2. The number of amides is 1. The van der Waals surface area contributed by atoms with Crippen LogP contribution in [0.3, 0.4) is 0 Å². The van der Waals surface area contributed by atoms with Crippen LogP contribution >= 0.6 is 15.9 Å². The van der Waals surface area contributed by atoms with E-state index in [1.54, 1.807) is 38.3 Å². The number of anilines is 1. The van der Waals surface area contributed by atoms with Crippen LogP contribution < -0.4 is 10.1 Å². The lowest BCUT2D eigenvalue weighted by molar-refractivity contribution is -0.112. The number of halogens is 1. The molecule has 0 bridgehead atoms. The molecule has 0 aromatic heterocycles. The smallest absolute Gasteiger partial charge is 0.338 e. The average molecular weight is 547 g/mol. The molecule has 0 unspecified atom stereocenters. The lowest BCUT2D eigenvalue weighted by atomic mass is 9.98. The summed E-state index contributed by atoms with van der Waals surface area (Å²) >= 11 is 3.63. The Hall–Kier alpha value is -3.89. The summed E-state index contributed by atoms with van der Waals surface area (Å²) in [4.78, 5) is 24.5. The molecule has 7 heteroatoms. The second kappa shape index (κ2) is 12.2. The van der Waals surface area contributed by atoms with Crippen LogP contribution in [0.15, 0.2) is 64.6 Å². The molecule has 0 fully saturated rings. The molecule has 0 heterocycles. The summed E-state index contributed by atoms with van der Waals surface area (Å²) in [6, 6.07) is 18.3. The van der Waals surface area contributed by atoms with Gasteiger partial charge in [0, 0.05) is 22.1 Å². The third-order valence-electron chi connectivity index (χ3n) is 5.39. The first-order chi connectivity index (χ1) is 17.2. The van der Waals surface area contributed by atoms with Gasteiger partial charge in [0.15, 0.2) is 0 Å². The van der Waals surface area contributed by atoms with Crippen molar-refractivity contribution in [3.63, 3.8) is 0 Å². The van der Waals surface area contributed by atoms with Gasteiger partial charge in [0.2, 0.25) is 0 Å². The van der Waals surface area contributed by atoms with Crippen molar-refractivity contribution in [1.82, 2.24) is 0 Å². The van der Waals surface area contributed by atoms with E-state index in [-0.39, 0.29) is 12.2 Å². The standard InChI is InChI=1S/C29H27BrN2O4/c1-5-36-29(34)22-6-8-24(9-7-22)32-28(33)23(17-31)13-21-15-26(30)25(27(16-21)35-4)14-20-11-18(2)10-19(3)12-20/h6-13,15-16H,5,14H2,1-4H3,(H,32,33)/b23-13+. The van der Waals surface area contributed by atoms with Crippen LogP contribution in [0.1, 0.15) is 45.1 Å². The lowest BCUT2D eigenvalue weighted by Crippen LogP contribution is -2.13. The van der Waals surface area contributed by atoms with E-state index in [0.717, 1.165) is 10.0 Å². The molecule has 0 atom stereocenters. The van der Waals surface area contributed by atoms with Crippen molar-refractivity contribution in [2.45, 2.75) is 27.2 Å². The number of nitrogens with zero attached hydrogens (tertiary/aromatic N) is 1. The van der Waals surface area contributed by atoms with Gasteiger partial charge in [0.25, 0.3) is 5.91 Å². The monoisotopic (exact) mass is 546 g/mol. The van der Waals surface area contributed by atoms with Crippen molar-refractivity contribution in [2.75, 3.05) is 19.0 Å². The predicted molar refractivity (Wildman–Crippen MR) is 144 cm³/mol. The Morgan fingerprint density at radius 3 is 2.31 bits per heavy atom. The van der Waals surface area contributed by atoms with Gasteiger partial charge in [-0.2, -0.15) is 5.26 Å². The van der Waals surface area contributed by atoms with Crippen molar-refractivity contribution in [3.05, 3.63) is 98.0 Å². The molecule has 0 saturated carbocycles. The van der Waals surface area contributed by atoms with E-state index in [1.165, 1.54) is 22.8 Å². The Labute approximate surface area is 219 Å². The molecule has 1 N–H and O–H groups in total. The molecule has 36 heavy (non-hydrogen) atoms. The zero-order chi connectivity index (χ0) is 26.2. The van der Waals surface area contributed by atoms with Crippen molar-refractivity contribution < 1.29 is 19.1 Å². The Morgan fingerprint density at radius 2 is 1.72 bits per heavy atom. The van der Waals surface area contributed by atoms with E-state index in [4.69, 9.17) is 9.47 Å². The number of rotatable bonds is 8. The van der Waals surface area contributed by atoms with Gasteiger partial charge < -0.3 is 14.8 Å². The quantitative estimate of drug-likeness (QED) is 0.201. The lowest BCUT2D eigenvalue weighted by Gasteiger charge is -2.13. The minimum absolute atomic E-state index is 0.0690. The van der Waals surface area contributed by atoms with Gasteiger partial charge in [0.05, 0.1) is 19.3 Å². The number of benzene rings is 3. The number of aryl methyl sites for hydroxylation is 2. The Balaban J connectivity index is 1.82. The molecule has 6 nitrogen and oxygen atoms in total. The molecule has 3 aromatic carbocycles. The van der Waals surface area contributed by atoms with Crippen LogP contribution in [-0.2, 0) is 16.0 Å². The molecule has 0 aliphatic heterocycles. The van der Waals surface area contributed by atoms with E-state index < -0.39 is 11.9 Å². The van der Waals surface area contributed by atoms with Gasteiger partial charge in [-0.25, -0.2) is 4.79 Å². The van der Waals surface area contributed by atoms with E-state index >= 15 is 0 Å². The van der Waals surface area contributed by atoms with Gasteiger partial charge in [-0.05, 0) is 74.4 Å². The van der Waals surface area contributed by atoms with E-state index in [0.29, 0.717) is 29.0 Å². The van der Waals surface area contributed by atoms with Gasteiger partial charge >= 0.3 is 5.97 Å². The number of esters is 1. The van der Waals surface area contributed by atoms with Crippen LogP contribution in [0.5, 0.6) is 5.75 Å². The first-order valence-electron chi connectivity index (χ1n) is 11.4. The van der Waals surface area contributed by atoms with Gasteiger partial charge in [-0.15, -0.1) is 0 Å². The highest BCUT2D eigenvalue weighted by molar-refractivity contribution is 9.10. The van der Waals surface area contributed by atoms with Crippen molar-refractivity contribution in [2.24, 2.45) is 0 Å². The van der Waals surface area contributed by atoms with Gasteiger partial charge in [0.1, 0.15) is 17.4 Å². The molecule has 0 saturated heterocycles. The number of nitriles is 1. The fraction of sp³-hybridized carbons (Fsp3) is 0.207. The normalized spacial score (nSPS) is 10.9. The highest BCUT2D eigenvalue weighted by atomic mass is 79.9. The number of nitrogens with one attached hydrogen (secondary N) is 1. The summed E-state index contributed by atoms with van der Waals surface area (Å²) in [5.74, 6) is -0.341. The van der Waals surface area contributed by atoms with Crippen LogP contribution in [-0.4, -0.2) is 25.6 Å². The molecule has 0 spiro atoms. The third kappa shape index (κ3) is 6.83. The number of carbonyl (C=O) groups is 2. The summed E-state index contributed by atoms with van der Waals surface area (Å²) < 4.78 is 11.4.